The quantitative estimate of drug-likeness (QED) is 0.757. The normalized spacial score (nSPS) is 23.9. The number of ether oxygens (including phenoxy) is 1. The Labute approximate surface area is 118 Å². The molecule has 0 N–H and O–H groups in total. The molecule has 1 fully saturated rings. The van der Waals surface area contributed by atoms with Gasteiger partial charge in [-0.2, -0.15) is 4.31 Å². The third-order valence-electron chi connectivity index (χ3n) is 3.29. The Morgan fingerprint density at radius 2 is 2.42 bits per heavy atom. The Balaban J connectivity index is 2.19. The Kier molecular flexibility index (Phi) is 4.78. The second kappa shape index (κ2) is 6.17. The Bertz CT molecular complexity index is 510. The maximum Gasteiger partial charge on any atom is 0.220 e. The Hall–Kier alpha value is -0.690. The van der Waals surface area contributed by atoms with E-state index in [2.05, 4.69) is 6.58 Å². The van der Waals surface area contributed by atoms with Crippen molar-refractivity contribution in [2.24, 2.45) is 0 Å². The number of nitrogens with zero attached hydrogens (tertiary/aromatic N) is 1. The van der Waals surface area contributed by atoms with Crippen molar-refractivity contribution in [1.29, 1.82) is 0 Å². The van der Waals surface area contributed by atoms with Crippen molar-refractivity contribution in [2.45, 2.75) is 31.2 Å². The fraction of sp³-hybridized carbons (Fsp3) is 0.538. The molecule has 0 spiro atoms. The van der Waals surface area contributed by atoms with Crippen LogP contribution in [0.2, 0.25) is 0 Å². The molecule has 1 aromatic rings. The number of hydrogen-bond donors (Lipinski definition) is 0. The van der Waals surface area contributed by atoms with Crippen LogP contribution in [0.15, 0.2) is 30.2 Å². The molecule has 19 heavy (non-hydrogen) atoms. The molecule has 0 aromatic carbocycles. The first-order valence-electron chi connectivity index (χ1n) is 6.29. The Morgan fingerprint density at radius 1 is 1.63 bits per heavy atom. The average molecular weight is 301 g/mol. The smallest absolute Gasteiger partial charge is 0.220 e. The van der Waals surface area contributed by atoms with Crippen LogP contribution < -0.4 is 0 Å². The van der Waals surface area contributed by atoms with Crippen LogP contribution in [0.25, 0.3) is 0 Å². The van der Waals surface area contributed by atoms with Gasteiger partial charge in [-0.15, -0.1) is 17.9 Å². The number of sulfonamides is 1. The minimum Gasteiger partial charge on any atom is -0.377 e. The van der Waals surface area contributed by atoms with E-state index >= 15 is 0 Å². The van der Waals surface area contributed by atoms with Gasteiger partial charge in [0, 0.05) is 24.6 Å². The van der Waals surface area contributed by atoms with E-state index in [1.165, 1.54) is 4.31 Å². The van der Waals surface area contributed by atoms with Crippen LogP contribution in [0.3, 0.4) is 0 Å². The largest absolute Gasteiger partial charge is 0.377 e. The summed E-state index contributed by atoms with van der Waals surface area (Å²) in [5.41, 5.74) is 0. The zero-order valence-electron chi connectivity index (χ0n) is 11.0. The van der Waals surface area contributed by atoms with Gasteiger partial charge < -0.3 is 4.74 Å². The minimum absolute atomic E-state index is 0.236. The van der Waals surface area contributed by atoms with Gasteiger partial charge in [0.1, 0.15) is 5.25 Å². The highest BCUT2D eigenvalue weighted by atomic mass is 32.2. The third-order valence-corrected chi connectivity index (χ3v) is 6.54. The van der Waals surface area contributed by atoms with Gasteiger partial charge in [0.25, 0.3) is 0 Å². The van der Waals surface area contributed by atoms with E-state index in [0.717, 1.165) is 4.88 Å². The van der Waals surface area contributed by atoms with Gasteiger partial charge in [0.05, 0.1) is 6.10 Å². The summed E-state index contributed by atoms with van der Waals surface area (Å²) < 4.78 is 32.2. The van der Waals surface area contributed by atoms with Crippen LogP contribution in [0.4, 0.5) is 0 Å². The van der Waals surface area contributed by atoms with Crippen LogP contribution in [0, 0.1) is 0 Å². The highest BCUT2D eigenvalue weighted by Crippen LogP contribution is 2.25. The molecule has 0 bridgehead atoms. The summed E-state index contributed by atoms with van der Waals surface area (Å²) in [4.78, 5) is 1.04. The predicted octanol–water partition coefficient (Wildman–Crippen LogP) is 2.24. The van der Waals surface area contributed by atoms with Crippen molar-refractivity contribution >= 4 is 21.4 Å². The monoisotopic (exact) mass is 301 g/mol. The maximum atomic E-state index is 12.7. The van der Waals surface area contributed by atoms with Crippen molar-refractivity contribution in [1.82, 2.24) is 4.31 Å². The summed E-state index contributed by atoms with van der Waals surface area (Å²) in [7, 11) is -3.34. The van der Waals surface area contributed by atoms with Crippen molar-refractivity contribution in [3.05, 3.63) is 35.0 Å². The zero-order chi connectivity index (χ0) is 13.9. The number of hydrogen-bond acceptors (Lipinski definition) is 4. The molecule has 0 radical (unpaired) electrons. The summed E-state index contributed by atoms with van der Waals surface area (Å²) in [6, 6.07) is 3.88. The molecule has 1 aromatic heterocycles. The van der Waals surface area contributed by atoms with Crippen LogP contribution in [0.5, 0.6) is 0 Å². The van der Waals surface area contributed by atoms with Gasteiger partial charge in [0.15, 0.2) is 0 Å². The number of rotatable bonds is 6. The minimum atomic E-state index is -3.34. The van der Waals surface area contributed by atoms with Gasteiger partial charge in [-0.05, 0) is 24.8 Å². The summed E-state index contributed by atoms with van der Waals surface area (Å²) in [5, 5.41) is 1.52. The number of thiophene rings is 1. The fourth-order valence-corrected chi connectivity index (χ4v) is 5.05. The molecule has 0 amide bonds. The first kappa shape index (κ1) is 14.7. The Morgan fingerprint density at radius 3 is 2.95 bits per heavy atom. The standard InChI is InChI=1S/C13H19NO3S2/c1-3-7-14(10-12-5-4-9-18-12)19(15,16)13-6-8-17-11(13)2/h3-5,9,11,13H,1,6-8,10H2,2H3/t11-,13+/m1/s1. The summed E-state index contributed by atoms with van der Waals surface area (Å²) in [6.45, 7) is 6.75. The molecule has 106 valence electrons. The molecule has 2 rings (SSSR count). The summed E-state index contributed by atoms with van der Waals surface area (Å²) in [6.07, 6.45) is 1.97. The molecule has 0 aliphatic carbocycles. The molecule has 0 unspecified atom stereocenters. The predicted molar refractivity (Wildman–Crippen MR) is 77.7 cm³/mol. The van der Waals surface area contributed by atoms with Gasteiger partial charge in [-0.3, -0.25) is 0 Å². The van der Waals surface area contributed by atoms with Crippen LogP contribution in [0.1, 0.15) is 18.2 Å². The lowest BCUT2D eigenvalue weighted by atomic mass is 10.3. The lowest BCUT2D eigenvalue weighted by Crippen LogP contribution is -2.41. The van der Waals surface area contributed by atoms with E-state index in [1.54, 1.807) is 17.4 Å². The first-order chi connectivity index (χ1) is 9.05. The second-order valence-corrected chi connectivity index (χ2v) is 7.79. The van der Waals surface area contributed by atoms with E-state index in [0.29, 0.717) is 26.1 Å². The van der Waals surface area contributed by atoms with E-state index in [4.69, 9.17) is 4.74 Å². The van der Waals surface area contributed by atoms with Crippen molar-refractivity contribution in [3.63, 3.8) is 0 Å². The van der Waals surface area contributed by atoms with Crippen molar-refractivity contribution < 1.29 is 13.2 Å². The van der Waals surface area contributed by atoms with E-state index in [9.17, 15) is 8.42 Å². The second-order valence-electron chi connectivity index (χ2n) is 4.61. The molecule has 2 atom stereocenters. The van der Waals surface area contributed by atoms with E-state index in [-0.39, 0.29) is 6.10 Å². The first-order valence-corrected chi connectivity index (χ1v) is 8.68. The topological polar surface area (TPSA) is 46.6 Å². The zero-order valence-corrected chi connectivity index (χ0v) is 12.6. The van der Waals surface area contributed by atoms with Gasteiger partial charge in [0.2, 0.25) is 10.0 Å². The summed E-state index contributed by atoms with van der Waals surface area (Å²) in [5.74, 6) is 0. The van der Waals surface area contributed by atoms with Crippen molar-refractivity contribution in [2.75, 3.05) is 13.2 Å². The van der Waals surface area contributed by atoms with Crippen LogP contribution in [-0.4, -0.2) is 37.2 Å². The molecule has 2 heterocycles. The van der Waals surface area contributed by atoms with Gasteiger partial charge >= 0.3 is 0 Å². The van der Waals surface area contributed by atoms with E-state index in [1.807, 2.05) is 24.4 Å². The lowest BCUT2D eigenvalue weighted by Gasteiger charge is -2.25. The molecule has 1 aliphatic rings. The highest BCUT2D eigenvalue weighted by molar-refractivity contribution is 7.89. The van der Waals surface area contributed by atoms with E-state index < -0.39 is 15.3 Å². The SMILES string of the molecule is C=CCN(Cc1cccs1)S(=O)(=O)[C@H]1CCO[C@@H]1C. The van der Waals surface area contributed by atoms with Crippen LogP contribution >= 0.6 is 11.3 Å². The highest BCUT2D eigenvalue weighted by Gasteiger charge is 2.39. The fourth-order valence-electron chi connectivity index (χ4n) is 2.27. The van der Waals surface area contributed by atoms with Crippen LogP contribution in [-0.2, 0) is 21.3 Å². The van der Waals surface area contributed by atoms with Gasteiger partial charge in [-0.25, -0.2) is 8.42 Å². The molecule has 6 heteroatoms. The third kappa shape index (κ3) is 3.25. The molecule has 1 saturated heterocycles. The summed E-state index contributed by atoms with van der Waals surface area (Å²) >= 11 is 1.56. The van der Waals surface area contributed by atoms with Crippen molar-refractivity contribution in [3.8, 4) is 0 Å². The molecule has 4 nitrogen and oxygen atoms in total. The molecular formula is C13H19NO3S2. The molecule has 0 saturated carbocycles. The maximum absolute atomic E-state index is 12.7. The average Bonchev–Trinajstić information content (AvgIpc) is 2.99. The molecular weight excluding hydrogens is 282 g/mol. The molecule has 1 aliphatic heterocycles. The lowest BCUT2D eigenvalue weighted by molar-refractivity contribution is 0.125. The van der Waals surface area contributed by atoms with Gasteiger partial charge in [-0.1, -0.05) is 12.1 Å².